The Labute approximate surface area is 153 Å². The maximum Gasteiger partial charge on any atom is 0.254 e. The summed E-state index contributed by atoms with van der Waals surface area (Å²) in [4.78, 5) is 28.1. The Balaban J connectivity index is 1.54. The average Bonchev–Trinajstić information content (AvgIpc) is 2.96. The van der Waals surface area contributed by atoms with E-state index in [4.69, 9.17) is 0 Å². The zero-order chi connectivity index (χ0) is 18.3. The van der Waals surface area contributed by atoms with Crippen LogP contribution in [0.15, 0.2) is 55.1 Å². The van der Waals surface area contributed by atoms with Gasteiger partial charge in [0.1, 0.15) is 0 Å². The van der Waals surface area contributed by atoms with Crippen LogP contribution >= 0.6 is 0 Å². The van der Waals surface area contributed by atoms with Gasteiger partial charge in [-0.1, -0.05) is 49.9 Å². The van der Waals surface area contributed by atoms with Crippen LogP contribution in [0, 0.1) is 0 Å². The van der Waals surface area contributed by atoms with Gasteiger partial charge in [0, 0.05) is 25.2 Å². The molecule has 2 aromatic rings. The molecule has 2 amide bonds. The van der Waals surface area contributed by atoms with Crippen LogP contribution in [-0.4, -0.2) is 40.7 Å². The Hall–Kier alpha value is -2.88. The molecular weight excluding hydrogens is 324 g/mol. The predicted molar refractivity (Wildman–Crippen MR) is 102 cm³/mol. The minimum absolute atomic E-state index is 0.0662. The van der Waals surface area contributed by atoms with Gasteiger partial charge in [0.2, 0.25) is 5.91 Å². The summed E-state index contributed by atoms with van der Waals surface area (Å²) in [6, 6.07) is 14.7. The standard InChI is InChI=1S/C22H22N2O2/c1-3-15-6-5-7-16(10-15)17-8-9-18-12-24(22(26)20(18)11-17)19-13-23(14-19)21(25)4-2/h4-11,19H,2-3,12-14H2,1H3. The molecule has 0 N–H and O–H groups in total. The SMILES string of the molecule is C=CC(=O)N1CC(N2Cc3ccc(-c4cccc(CC)c4)cc3C2=O)C1. The van der Waals surface area contributed by atoms with Crippen molar-refractivity contribution in [1.29, 1.82) is 0 Å². The van der Waals surface area contributed by atoms with Crippen molar-refractivity contribution in [2.75, 3.05) is 13.1 Å². The topological polar surface area (TPSA) is 40.6 Å². The van der Waals surface area contributed by atoms with Gasteiger partial charge in [0.05, 0.1) is 6.04 Å². The first-order chi connectivity index (χ1) is 12.6. The fourth-order valence-electron chi connectivity index (χ4n) is 3.73. The van der Waals surface area contributed by atoms with Crippen LogP contribution < -0.4 is 0 Å². The lowest BCUT2D eigenvalue weighted by Gasteiger charge is -2.43. The molecule has 2 aliphatic heterocycles. The molecule has 0 spiro atoms. The molecule has 2 aliphatic rings. The van der Waals surface area contributed by atoms with Crippen molar-refractivity contribution in [3.8, 4) is 11.1 Å². The van der Waals surface area contributed by atoms with Gasteiger partial charge in [-0.15, -0.1) is 0 Å². The van der Waals surface area contributed by atoms with E-state index in [2.05, 4.69) is 49.9 Å². The molecule has 0 atom stereocenters. The molecule has 1 saturated heterocycles. The molecule has 0 aliphatic carbocycles. The summed E-state index contributed by atoms with van der Waals surface area (Å²) in [7, 11) is 0. The molecule has 0 radical (unpaired) electrons. The molecule has 4 rings (SSSR count). The lowest BCUT2D eigenvalue weighted by molar-refractivity contribution is -0.132. The number of aryl methyl sites for hydroxylation is 1. The van der Waals surface area contributed by atoms with Crippen LogP contribution in [0.1, 0.15) is 28.4 Å². The van der Waals surface area contributed by atoms with Crippen molar-refractivity contribution in [3.05, 3.63) is 71.8 Å². The van der Waals surface area contributed by atoms with Crippen molar-refractivity contribution in [1.82, 2.24) is 9.80 Å². The van der Waals surface area contributed by atoms with Crippen LogP contribution in [0.5, 0.6) is 0 Å². The molecule has 2 aromatic carbocycles. The van der Waals surface area contributed by atoms with Crippen LogP contribution in [0.2, 0.25) is 0 Å². The first-order valence-corrected chi connectivity index (χ1v) is 9.05. The second kappa shape index (κ2) is 6.45. The van der Waals surface area contributed by atoms with Gasteiger partial charge in [-0.2, -0.15) is 0 Å². The van der Waals surface area contributed by atoms with Gasteiger partial charge in [0.25, 0.3) is 5.91 Å². The first-order valence-electron chi connectivity index (χ1n) is 9.05. The largest absolute Gasteiger partial charge is 0.335 e. The fourth-order valence-corrected chi connectivity index (χ4v) is 3.73. The number of fused-ring (bicyclic) bond motifs is 1. The number of nitrogens with zero attached hydrogens (tertiary/aromatic N) is 2. The van der Waals surface area contributed by atoms with Gasteiger partial charge in [0.15, 0.2) is 0 Å². The van der Waals surface area contributed by atoms with Crippen LogP contribution in [0.4, 0.5) is 0 Å². The number of amides is 2. The molecule has 1 fully saturated rings. The van der Waals surface area contributed by atoms with E-state index in [9.17, 15) is 9.59 Å². The molecular formula is C22H22N2O2. The monoisotopic (exact) mass is 346 g/mol. The minimum atomic E-state index is -0.0662. The van der Waals surface area contributed by atoms with E-state index in [1.165, 1.54) is 11.6 Å². The second-order valence-corrected chi connectivity index (χ2v) is 6.96. The summed E-state index contributed by atoms with van der Waals surface area (Å²) in [5, 5.41) is 0. The van der Waals surface area contributed by atoms with Crippen molar-refractivity contribution >= 4 is 11.8 Å². The van der Waals surface area contributed by atoms with Crippen molar-refractivity contribution < 1.29 is 9.59 Å². The van der Waals surface area contributed by atoms with E-state index < -0.39 is 0 Å². The lowest BCUT2D eigenvalue weighted by Crippen LogP contribution is -2.60. The van der Waals surface area contributed by atoms with Gasteiger partial charge < -0.3 is 9.80 Å². The van der Waals surface area contributed by atoms with Crippen molar-refractivity contribution in [3.63, 3.8) is 0 Å². The number of hydrogen-bond acceptors (Lipinski definition) is 2. The van der Waals surface area contributed by atoms with E-state index in [1.54, 1.807) is 4.90 Å². The minimum Gasteiger partial charge on any atom is -0.335 e. The summed E-state index contributed by atoms with van der Waals surface area (Å²) in [6.07, 6.45) is 2.32. The summed E-state index contributed by atoms with van der Waals surface area (Å²) < 4.78 is 0. The highest BCUT2D eigenvalue weighted by atomic mass is 16.2. The summed E-state index contributed by atoms with van der Waals surface area (Å²) in [5.74, 6) is 0.00713. The van der Waals surface area contributed by atoms with Crippen LogP contribution in [0.25, 0.3) is 11.1 Å². The Morgan fingerprint density at radius 2 is 1.96 bits per heavy atom. The number of carbonyl (C=O) groups is 2. The van der Waals surface area contributed by atoms with Crippen molar-refractivity contribution in [2.24, 2.45) is 0 Å². The number of benzene rings is 2. The molecule has 26 heavy (non-hydrogen) atoms. The van der Waals surface area contributed by atoms with E-state index in [0.717, 1.165) is 28.7 Å². The van der Waals surface area contributed by atoms with Gasteiger partial charge in [-0.05, 0) is 40.8 Å². The molecule has 4 heteroatoms. The molecule has 0 bridgehead atoms. The van der Waals surface area contributed by atoms with E-state index in [-0.39, 0.29) is 17.9 Å². The molecule has 4 nitrogen and oxygen atoms in total. The average molecular weight is 346 g/mol. The third kappa shape index (κ3) is 2.71. The highest BCUT2D eigenvalue weighted by molar-refractivity contribution is 6.00. The summed E-state index contributed by atoms with van der Waals surface area (Å²) >= 11 is 0. The third-order valence-electron chi connectivity index (χ3n) is 5.40. The third-order valence-corrected chi connectivity index (χ3v) is 5.40. The van der Waals surface area contributed by atoms with Gasteiger partial charge >= 0.3 is 0 Å². The van der Waals surface area contributed by atoms with Crippen LogP contribution in [-0.2, 0) is 17.8 Å². The van der Waals surface area contributed by atoms with Crippen molar-refractivity contribution in [2.45, 2.75) is 25.9 Å². The molecule has 0 saturated carbocycles. The smallest absolute Gasteiger partial charge is 0.254 e. The predicted octanol–water partition coefficient (Wildman–Crippen LogP) is 3.27. The van der Waals surface area contributed by atoms with Gasteiger partial charge in [-0.3, -0.25) is 9.59 Å². The summed E-state index contributed by atoms with van der Waals surface area (Å²) in [5.41, 5.74) is 5.37. The van der Waals surface area contributed by atoms with Gasteiger partial charge in [-0.25, -0.2) is 0 Å². The van der Waals surface area contributed by atoms with E-state index in [1.807, 2.05) is 11.0 Å². The zero-order valence-electron chi connectivity index (χ0n) is 14.9. The normalized spacial score (nSPS) is 16.4. The first kappa shape index (κ1) is 16.6. The maximum absolute atomic E-state index is 12.9. The summed E-state index contributed by atoms with van der Waals surface area (Å²) in [6.45, 7) is 7.47. The number of carbonyl (C=O) groups excluding carboxylic acids is 2. The van der Waals surface area contributed by atoms with E-state index in [0.29, 0.717) is 19.6 Å². The molecule has 132 valence electrons. The quantitative estimate of drug-likeness (QED) is 0.797. The number of hydrogen-bond donors (Lipinski definition) is 0. The maximum atomic E-state index is 12.9. The molecule has 0 aromatic heterocycles. The highest BCUT2D eigenvalue weighted by Crippen LogP contribution is 2.32. The van der Waals surface area contributed by atoms with Crippen LogP contribution in [0.3, 0.4) is 0 Å². The number of likely N-dealkylation sites (tertiary alicyclic amines) is 1. The zero-order valence-corrected chi connectivity index (χ0v) is 14.9. The Kier molecular flexibility index (Phi) is 4.11. The fraction of sp³-hybridized carbons (Fsp3) is 0.273. The Morgan fingerprint density at radius 3 is 2.69 bits per heavy atom. The highest BCUT2D eigenvalue weighted by Gasteiger charge is 2.40. The molecule has 0 unspecified atom stereocenters. The lowest BCUT2D eigenvalue weighted by atomic mass is 9.98. The van der Waals surface area contributed by atoms with E-state index >= 15 is 0 Å². The Morgan fingerprint density at radius 1 is 1.19 bits per heavy atom. The Bertz CT molecular complexity index is 897. The molecule has 2 heterocycles. The number of rotatable bonds is 4. The second-order valence-electron chi connectivity index (χ2n) is 6.96.